The largest absolute Gasteiger partial charge is 0.366 e. The molecule has 1 aliphatic carbocycles. The summed E-state index contributed by atoms with van der Waals surface area (Å²) in [5.74, 6) is -0.146. The summed E-state index contributed by atoms with van der Waals surface area (Å²) in [7, 11) is 0. The highest BCUT2D eigenvalue weighted by atomic mass is 16.2. The molecule has 2 aliphatic heterocycles. The molecule has 3 aliphatic rings. The lowest BCUT2D eigenvalue weighted by Gasteiger charge is -2.30. The van der Waals surface area contributed by atoms with Crippen molar-refractivity contribution in [3.63, 3.8) is 0 Å². The molecule has 1 saturated heterocycles. The molecule has 4 nitrogen and oxygen atoms in total. The summed E-state index contributed by atoms with van der Waals surface area (Å²) in [6.07, 6.45) is 7.53. The van der Waals surface area contributed by atoms with Crippen molar-refractivity contribution in [1.29, 1.82) is 0 Å². The summed E-state index contributed by atoms with van der Waals surface area (Å²) in [4.78, 5) is 30.1. The van der Waals surface area contributed by atoms with Crippen LogP contribution in [-0.4, -0.2) is 40.7 Å². The minimum absolute atomic E-state index is 0.0624. The lowest BCUT2D eigenvalue weighted by atomic mass is 9.94. The normalized spacial score (nSPS) is 22.8. The second kappa shape index (κ2) is 6.42. The standard InChI is InChI=1S/C20H24N2O2/c23-19-17(15-9-3-1-4-10-15)18(21-13-7-8-14-21)20(24)22(19)16-11-5-2-6-12-16/h1,3-4,9-10,16H,2,5-8,11-14H2. The van der Waals surface area contributed by atoms with Crippen LogP contribution in [0.3, 0.4) is 0 Å². The molecule has 0 atom stereocenters. The van der Waals surface area contributed by atoms with Crippen LogP contribution in [0.2, 0.25) is 0 Å². The zero-order valence-electron chi connectivity index (χ0n) is 14.0. The quantitative estimate of drug-likeness (QED) is 0.802. The average Bonchev–Trinajstić information content (AvgIpc) is 3.23. The van der Waals surface area contributed by atoms with Crippen molar-refractivity contribution < 1.29 is 9.59 Å². The first-order valence-electron chi connectivity index (χ1n) is 9.20. The van der Waals surface area contributed by atoms with Crippen molar-refractivity contribution in [2.45, 2.75) is 51.0 Å². The van der Waals surface area contributed by atoms with E-state index in [9.17, 15) is 9.59 Å². The van der Waals surface area contributed by atoms with Gasteiger partial charge in [0.25, 0.3) is 11.8 Å². The van der Waals surface area contributed by atoms with Crippen LogP contribution in [-0.2, 0) is 9.59 Å². The second-order valence-electron chi connectivity index (χ2n) is 7.06. The first-order valence-corrected chi connectivity index (χ1v) is 9.20. The van der Waals surface area contributed by atoms with Gasteiger partial charge in [0.05, 0.1) is 5.57 Å². The fourth-order valence-electron chi connectivity index (χ4n) is 4.31. The van der Waals surface area contributed by atoms with Crippen LogP contribution in [0.1, 0.15) is 50.5 Å². The minimum Gasteiger partial charge on any atom is -0.366 e. The van der Waals surface area contributed by atoms with Crippen LogP contribution in [0.25, 0.3) is 5.57 Å². The van der Waals surface area contributed by atoms with Gasteiger partial charge in [-0.2, -0.15) is 0 Å². The minimum atomic E-state index is -0.0833. The van der Waals surface area contributed by atoms with E-state index in [4.69, 9.17) is 0 Å². The van der Waals surface area contributed by atoms with E-state index in [1.54, 1.807) is 4.90 Å². The highest BCUT2D eigenvalue weighted by molar-refractivity contribution is 6.35. The van der Waals surface area contributed by atoms with E-state index in [-0.39, 0.29) is 17.9 Å². The van der Waals surface area contributed by atoms with Gasteiger partial charge in [-0.25, -0.2) is 0 Å². The molecule has 1 aromatic rings. The third-order valence-corrected chi connectivity index (χ3v) is 5.52. The summed E-state index contributed by atoms with van der Waals surface area (Å²) in [6, 6.07) is 9.79. The molecule has 1 aromatic carbocycles. The third kappa shape index (κ3) is 2.54. The number of imide groups is 1. The molecule has 0 aromatic heterocycles. The van der Waals surface area contributed by atoms with Gasteiger partial charge in [-0.05, 0) is 31.2 Å². The zero-order chi connectivity index (χ0) is 16.5. The average molecular weight is 324 g/mol. The first kappa shape index (κ1) is 15.4. The highest BCUT2D eigenvalue weighted by Crippen LogP contribution is 2.36. The van der Waals surface area contributed by atoms with E-state index < -0.39 is 0 Å². The topological polar surface area (TPSA) is 40.6 Å². The van der Waals surface area contributed by atoms with Gasteiger partial charge in [0, 0.05) is 19.1 Å². The number of hydrogen-bond donors (Lipinski definition) is 0. The number of carbonyl (C=O) groups excluding carboxylic acids is 2. The van der Waals surface area contributed by atoms with Gasteiger partial charge in [-0.1, -0.05) is 49.6 Å². The van der Waals surface area contributed by atoms with Gasteiger partial charge in [0.2, 0.25) is 0 Å². The van der Waals surface area contributed by atoms with E-state index in [0.29, 0.717) is 11.3 Å². The number of hydrogen-bond acceptors (Lipinski definition) is 3. The van der Waals surface area contributed by atoms with Crippen molar-refractivity contribution in [3.05, 3.63) is 41.6 Å². The Morgan fingerprint density at radius 3 is 2.12 bits per heavy atom. The molecule has 2 fully saturated rings. The van der Waals surface area contributed by atoms with Gasteiger partial charge >= 0.3 is 0 Å². The molecular weight excluding hydrogens is 300 g/mol. The predicted molar refractivity (Wildman–Crippen MR) is 92.9 cm³/mol. The van der Waals surface area contributed by atoms with E-state index >= 15 is 0 Å². The lowest BCUT2D eigenvalue weighted by molar-refractivity contribution is -0.140. The number of nitrogens with zero attached hydrogens (tertiary/aromatic N) is 2. The summed E-state index contributed by atoms with van der Waals surface area (Å²) in [5, 5.41) is 0. The highest BCUT2D eigenvalue weighted by Gasteiger charge is 2.45. The summed E-state index contributed by atoms with van der Waals surface area (Å²) in [6.45, 7) is 1.76. The first-order chi connectivity index (χ1) is 11.8. The number of amides is 2. The Balaban J connectivity index is 1.75. The number of carbonyl (C=O) groups is 2. The zero-order valence-corrected chi connectivity index (χ0v) is 14.0. The van der Waals surface area contributed by atoms with Crippen molar-refractivity contribution in [2.75, 3.05) is 13.1 Å². The molecule has 2 heterocycles. The summed E-state index contributed by atoms with van der Waals surface area (Å²) < 4.78 is 0. The molecule has 126 valence electrons. The van der Waals surface area contributed by atoms with Crippen molar-refractivity contribution in [2.24, 2.45) is 0 Å². The van der Waals surface area contributed by atoms with Gasteiger partial charge < -0.3 is 4.90 Å². The van der Waals surface area contributed by atoms with E-state index in [1.165, 1.54) is 6.42 Å². The van der Waals surface area contributed by atoms with Crippen LogP contribution in [0.5, 0.6) is 0 Å². The van der Waals surface area contributed by atoms with Crippen molar-refractivity contribution in [1.82, 2.24) is 9.80 Å². The smallest absolute Gasteiger partial charge is 0.278 e. The van der Waals surface area contributed by atoms with Gasteiger partial charge in [0.15, 0.2) is 0 Å². The molecule has 4 heteroatoms. The molecule has 2 amide bonds. The van der Waals surface area contributed by atoms with E-state index in [1.807, 2.05) is 30.3 Å². The molecule has 0 unspecified atom stereocenters. The third-order valence-electron chi connectivity index (χ3n) is 5.52. The number of benzene rings is 1. The number of likely N-dealkylation sites (tertiary alicyclic amines) is 1. The maximum absolute atomic E-state index is 13.2. The van der Waals surface area contributed by atoms with Crippen LogP contribution < -0.4 is 0 Å². The lowest BCUT2D eigenvalue weighted by Crippen LogP contribution is -2.43. The van der Waals surface area contributed by atoms with Crippen LogP contribution in [0, 0.1) is 0 Å². The van der Waals surface area contributed by atoms with Crippen LogP contribution >= 0.6 is 0 Å². The molecule has 0 bridgehead atoms. The van der Waals surface area contributed by atoms with Gasteiger partial charge in [0.1, 0.15) is 5.70 Å². The SMILES string of the molecule is O=C1C(c2ccccc2)=C(N2CCCC2)C(=O)N1C1CCCCC1. The Labute approximate surface area is 143 Å². The Hall–Kier alpha value is -2.10. The molecule has 24 heavy (non-hydrogen) atoms. The molecule has 0 spiro atoms. The maximum atomic E-state index is 13.2. The molecule has 4 rings (SSSR count). The van der Waals surface area contributed by atoms with Crippen molar-refractivity contribution in [3.8, 4) is 0 Å². The molecular formula is C20H24N2O2. The Morgan fingerprint density at radius 1 is 0.792 bits per heavy atom. The molecule has 0 N–H and O–H groups in total. The van der Waals surface area contributed by atoms with E-state index in [0.717, 1.165) is 57.2 Å². The monoisotopic (exact) mass is 324 g/mol. The maximum Gasteiger partial charge on any atom is 0.278 e. The second-order valence-corrected chi connectivity index (χ2v) is 7.06. The predicted octanol–water partition coefficient (Wildman–Crippen LogP) is 3.20. The van der Waals surface area contributed by atoms with E-state index in [2.05, 4.69) is 4.90 Å². The number of rotatable bonds is 3. The Kier molecular flexibility index (Phi) is 4.13. The molecule has 0 radical (unpaired) electrons. The fraction of sp³-hybridized carbons (Fsp3) is 0.500. The van der Waals surface area contributed by atoms with Crippen LogP contribution in [0.4, 0.5) is 0 Å². The van der Waals surface area contributed by atoms with Crippen molar-refractivity contribution >= 4 is 17.4 Å². The molecule has 1 saturated carbocycles. The van der Waals surface area contributed by atoms with Crippen LogP contribution in [0.15, 0.2) is 36.0 Å². The van der Waals surface area contributed by atoms with Gasteiger partial charge in [-0.3, -0.25) is 14.5 Å². The Bertz CT molecular complexity index is 668. The Morgan fingerprint density at radius 2 is 1.46 bits per heavy atom. The summed E-state index contributed by atoms with van der Waals surface area (Å²) >= 11 is 0. The fourth-order valence-corrected chi connectivity index (χ4v) is 4.31. The summed E-state index contributed by atoms with van der Waals surface area (Å²) in [5.41, 5.74) is 2.14. The van der Waals surface area contributed by atoms with Gasteiger partial charge in [-0.15, -0.1) is 0 Å².